The molecule has 0 aromatic heterocycles. The van der Waals surface area contributed by atoms with Crippen LogP contribution in [0.15, 0.2) is 12.1 Å². The number of fused-ring (bicyclic) bond motifs is 1. The SMILES string of the molecule is Cc1cc2c(cc1C)N(C)C(C)(C)C(=O)N2C. The maximum absolute atomic E-state index is 12.3. The second-order valence-corrected chi connectivity index (χ2v) is 5.41. The molecule has 1 aliphatic heterocycles. The molecule has 0 N–H and O–H groups in total. The molecule has 0 spiro atoms. The number of carbonyl (C=O) groups is 1. The van der Waals surface area contributed by atoms with Crippen molar-refractivity contribution in [2.75, 3.05) is 23.9 Å². The first-order valence-electron chi connectivity index (χ1n) is 5.90. The average molecular weight is 232 g/mol. The van der Waals surface area contributed by atoms with Crippen LogP contribution < -0.4 is 9.80 Å². The normalized spacial score (nSPS) is 18.4. The fraction of sp³-hybridized carbons (Fsp3) is 0.500. The van der Waals surface area contributed by atoms with E-state index in [4.69, 9.17) is 0 Å². The summed E-state index contributed by atoms with van der Waals surface area (Å²) in [6.07, 6.45) is 0. The lowest BCUT2D eigenvalue weighted by atomic mass is 9.94. The van der Waals surface area contributed by atoms with E-state index < -0.39 is 5.54 Å². The maximum Gasteiger partial charge on any atom is 0.252 e. The molecule has 3 nitrogen and oxygen atoms in total. The molecular formula is C14H20N2O. The molecule has 1 amide bonds. The van der Waals surface area contributed by atoms with Crippen molar-refractivity contribution in [2.24, 2.45) is 0 Å². The molecule has 0 radical (unpaired) electrons. The van der Waals surface area contributed by atoms with Crippen LogP contribution in [0.1, 0.15) is 25.0 Å². The zero-order valence-electron chi connectivity index (χ0n) is 11.5. The Morgan fingerprint density at radius 3 is 2.00 bits per heavy atom. The van der Waals surface area contributed by atoms with Crippen molar-refractivity contribution >= 4 is 17.3 Å². The van der Waals surface area contributed by atoms with E-state index in [-0.39, 0.29) is 5.91 Å². The van der Waals surface area contributed by atoms with Gasteiger partial charge in [0.1, 0.15) is 5.54 Å². The number of hydrogen-bond acceptors (Lipinski definition) is 2. The summed E-state index contributed by atoms with van der Waals surface area (Å²) in [6.45, 7) is 8.11. The summed E-state index contributed by atoms with van der Waals surface area (Å²) in [5.74, 6) is 0.135. The highest BCUT2D eigenvalue weighted by molar-refractivity contribution is 6.07. The van der Waals surface area contributed by atoms with E-state index in [0.29, 0.717) is 0 Å². The molecule has 1 aliphatic rings. The predicted molar refractivity (Wildman–Crippen MR) is 71.8 cm³/mol. The van der Waals surface area contributed by atoms with Crippen LogP contribution in [-0.2, 0) is 4.79 Å². The van der Waals surface area contributed by atoms with Gasteiger partial charge in [-0.15, -0.1) is 0 Å². The number of likely N-dealkylation sites (N-methyl/N-ethyl adjacent to an activating group) is 2. The Kier molecular flexibility index (Phi) is 2.45. The van der Waals surface area contributed by atoms with Crippen LogP contribution in [0.3, 0.4) is 0 Å². The Morgan fingerprint density at radius 2 is 1.47 bits per heavy atom. The molecular weight excluding hydrogens is 212 g/mol. The standard InChI is InChI=1S/C14H20N2O/c1-9-7-11-12(8-10(9)2)16(6)14(3,4)13(17)15(11)5/h7-8H,1-6H3. The van der Waals surface area contributed by atoms with Gasteiger partial charge in [-0.05, 0) is 51.0 Å². The van der Waals surface area contributed by atoms with Crippen molar-refractivity contribution in [2.45, 2.75) is 33.2 Å². The highest BCUT2D eigenvalue weighted by atomic mass is 16.2. The van der Waals surface area contributed by atoms with Crippen molar-refractivity contribution in [3.63, 3.8) is 0 Å². The fourth-order valence-corrected chi connectivity index (χ4v) is 2.29. The largest absolute Gasteiger partial charge is 0.359 e. The fourth-order valence-electron chi connectivity index (χ4n) is 2.29. The molecule has 0 aliphatic carbocycles. The van der Waals surface area contributed by atoms with E-state index in [1.807, 2.05) is 27.9 Å². The second kappa shape index (κ2) is 3.49. The summed E-state index contributed by atoms with van der Waals surface area (Å²) in [6, 6.07) is 4.25. The Bertz CT molecular complexity index is 491. The van der Waals surface area contributed by atoms with Crippen LogP contribution in [-0.4, -0.2) is 25.5 Å². The topological polar surface area (TPSA) is 23.6 Å². The van der Waals surface area contributed by atoms with Gasteiger partial charge in [0.05, 0.1) is 11.4 Å². The molecule has 0 unspecified atom stereocenters. The predicted octanol–water partition coefficient (Wildman–Crippen LogP) is 2.49. The molecule has 1 heterocycles. The minimum atomic E-state index is -0.483. The third-order valence-electron chi connectivity index (χ3n) is 3.98. The molecule has 0 saturated heterocycles. The van der Waals surface area contributed by atoms with Gasteiger partial charge in [0.2, 0.25) is 0 Å². The van der Waals surface area contributed by atoms with Gasteiger partial charge in [-0.3, -0.25) is 4.79 Å². The molecule has 2 rings (SSSR count). The molecule has 0 saturated carbocycles. The number of aryl methyl sites for hydroxylation is 2. The first kappa shape index (κ1) is 12.0. The van der Waals surface area contributed by atoms with E-state index in [1.54, 1.807) is 4.90 Å². The monoisotopic (exact) mass is 232 g/mol. The molecule has 0 bridgehead atoms. The van der Waals surface area contributed by atoms with Crippen molar-refractivity contribution in [3.8, 4) is 0 Å². The molecule has 3 heteroatoms. The van der Waals surface area contributed by atoms with E-state index in [0.717, 1.165) is 11.4 Å². The van der Waals surface area contributed by atoms with Crippen molar-refractivity contribution in [1.29, 1.82) is 0 Å². The smallest absolute Gasteiger partial charge is 0.252 e. The number of amides is 1. The van der Waals surface area contributed by atoms with Crippen molar-refractivity contribution < 1.29 is 4.79 Å². The molecule has 0 fully saturated rings. The number of benzene rings is 1. The molecule has 1 aromatic rings. The van der Waals surface area contributed by atoms with Crippen LogP contribution in [0.2, 0.25) is 0 Å². The number of rotatable bonds is 0. The van der Waals surface area contributed by atoms with E-state index in [2.05, 4.69) is 30.9 Å². The molecule has 17 heavy (non-hydrogen) atoms. The van der Waals surface area contributed by atoms with E-state index in [1.165, 1.54) is 11.1 Å². The zero-order chi connectivity index (χ0) is 13.0. The Balaban J connectivity index is 2.69. The highest BCUT2D eigenvalue weighted by Gasteiger charge is 2.41. The first-order chi connectivity index (χ1) is 7.76. The van der Waals surface area contributed by atoms with Crippen LogP contribution in [0, 0.1) is 13.8 Å². The molecule has 92 valence electrons. The maximum atomic E-state index is 12.3. The van der Waals surface area contributed by atoms with Crippen LogP contribution >= 0.6 is 0 Å². The summed E-state index contributed by atoms with van der Waals surface area (Å²) >= 11 is 0. The van der Waals surface area contributed by atoms with Crippen LogP contribution in [0.25, 0.3) is 0 Å². The summed E-state index contributed by atoms with van der Waals surface area (Å²) in [5.41, 5.74) is 4.12. The van der Waals surface area contributed by atoms with Crippen LogP contribution in [0.4, 0.5) is 11.4 Å². The second-order valence-electron chi connectivity index (χ2n) is 5.41. The summed E-state index contributed by atoms with van der Waals surface area (Å²) in [7, 11) is 3.84. The van der Waals surface area contributed by atoms with Gasteiger partial charge in [-0.2, -0.15) is 0 Å². The van der Waals surface area contributed by atoms with Gasteiger partial charge in [0.15, 0.2) is 0 Å². The van der Waals surface area contributed by atoms with Crippen molar-refractivity contribution in [3.05, 3.63) is 23.3 Å². The number of anilines is 2. The molecule has 0 atom stereocenters. The Hall–Kier alpha value is -1.51. The molecule has 1 aromatic carbocycles. The third kappa shape index (κ3) is 1.53. The lowest BCUT2D eigenvalue weighted by molar-refractivity contribution is -0.122. The van der Waals surface area contributed by atoms with E-state index >= 15 is 0 Å². The quantitative estimate of drug-likeness (QED) is 0.686. The average Bonchev–Trinajstić information content (AvgIpc) is 2.27. The number of hydrogen-bond donors (Lipinski definition) is 0. The minimum absolute atomic E-state index is 0.135. The third-order valence-corrected chi connectivity index (χ3v) is 3.98. The van der Waals surface area contributed by atoms with Gasteiger partial charge in [-0.1, -0.05) is 0 Å². The van der Waals surface area contributed by atoms with Gasteiger partial charge in [0.25, 0.3) is 5.91 Å². The summed E-state index contributed by atoms with van der Waals surface area (Å²) < 4.78 is 0. The van der Waals surface area contributed by atoms with Gasteiger partial charge in [0, 0.05) is 14.1 Å². The zero-order valence-corrected chi connectivity index (χ0v) is 11.5. The summed E-state index contributed by atoms with van der Waals surface area (Å²) in [5, 5.41) is 0. The van der Waals surface area contributed by atoms with Crippen molar-refractivity contribution in [1.82, 2.24) is 0 Å². The van der Waals surface area contributed by atoms with Gasteiger partial charge >= 0.3 is 0 Å². The van der Waals surface area contributed by atoms with Gasteiger partial charge in [-0.25, -0.2) is 0 Å². The Morgan fingerprint density at radius 1 is 1.00 bits per heavy atom. The van der Waals surface area contributed by atoms with E-state index in [9.17, 15) is 4.79 Å². The lowest BCUT2D eigenvalue weighted by Crippen LogP contribution is -2.57. The van der Waals surface area contributed by atoms with Gasteiger partial charge < -0.3 is 9.80 Å². The lowest BCUT2D eigenvalue weighted by Gasteiger charge is -2.45. The first-order valence-corrected chi connectivity index (χ1v) is 5.90. The highest BCUT2D eigenvalue weighted by Crippen LogP contribution is 2.40. The van der Waals surface area contributed by atoms with Crippen LogP contribution in [0.5, 0.6) is 0 Å². The number of nitrogens with zero attached hydrogens (tertiary/aromatic N) is 2. The Labute approximate surface area is 103 Å². The number of carbonyl (C=O) groups excluding carboxylic acids is 1. The minimum Gasteiger partial charge on any atom is -0.359 e. The summed E-state index contributed by atoms with van der Waals surface area (Å²) in [4.78, 5) is 16.1.